The van der Waals surface area contributed by atoms with Crippen LogP contribution in [-0.4, -0.2) is 43.9 Å². The zero-order valence-electron chi connectivity index (χ0n) is 11.4. The molecule has 0 heterocycles. The summed E-state index contributed by atoms with van der Waals surface area (Å²) in [6, 6.07) is 9.30. The Labute approximate surface area is 114 Å². The molecule has 0 aliphatic carbocycles. The van der Waals surface area contributed by atoms with Gasteiger partial charge in [-0.25, -0.2) is 0 Å². The predicted octanol–water partition coefficient (Wildman–Crippen LogP) is 0.461. The van der Waals surface area contributed by atoms with Crippen molar-refractivity contribution in [2.75, 3.05) is 26.9 Å². The first-order valence-corrected chi connectivity index (χ1v) is 6.34. The number of methoxy groups -OCH3 is 1. The molecule has 1 amide bonds. The second-order valence-corrected chi connectivity index (χ2v) is 4.45. The van der Waals surface area contributed by atoms with Crippen LogP contribution < -0.4 is 10.6 Å². The van der Waals surface area contributed by atoms with Gasteiger partial charge in [0.15, 0.2) is 0 Å². The summed E-state index contributed by atoms with van der Waals surface area (Å²) in [6.45, 7) is 2.47. The third-order valence-electron chi connectivity index (χ3n) is 2.72. The lowest BCUT2D eigenvalue weighted by atomic mass is 10.1. The summed E-state index contributed by atoms with van der Waals surface area (Å²) in [7, 11) is 1.60. The molecule has 5 nitrogen and oxygen atoms in total. The molecule has 19 heavy (non-hydrogen) atoms. The third-order valence-corrected chi connectivity index (χ3v) is 2.72. The van der Waals surface area contributed by atoms with Crippen LogP contribution >= 0.6 is 0 Å². The second-order valence-electron chi connectivity index (χ2n) is 4.45. The van der Waals surface area contributed by atoms with Gasteiger partial charge in [-0.15, -0.1) is 0 Å². The molecule has 0 spiro atoms. The lowest BCUT2D eigenvalue weighted by Crippen LogP contribution is -2.42. The smallest absolute Gasteiger partial charge is 0.234 e. The van der Waals surface area contributed by atoms with Crippen molar-refractivity contribution in [2.45, 2.75) is 19.0 Å². The molecule has 1 aromatic carbocycles. The van der Waals surface area contributed by atoms with Gasteiger partial charge in [-0.05, 0) is 12.5 Å². The van der Waals surface area contributed by atoms with Gasteiger partial charge in [0.05, 0.1) is 25.8 Å². The monoisotopic (exact) mass is 266 g/mol. The van der Waals surface area contributed by atoms with Gasteiger partial charge in [0, 0.05) is 13.2 Å². The largest absolute Gasteiger partial charge is 0.394 e. The van der Waals surface area contributed by atoms with Gasteiger partial charge >= 0.3 is 0 Å². The Hall–Kier alpha value is -1.43. The van der Waals surface area contributed by atoms with Crippen molar-refractivity contribution >= 4 is 5.91 Å². The summed E-state index contributed by atoms with van der Waals surface area (Å²) in [5.41, 5.74) is 0.961. The van der Waals surface area contributed by atoms with Crippen LogP contribution in [0.5, 0.6) is 0 Å². The molecule has 0 aromatic heterocycles. The maximum atomic E-state index is 11.7. The van der Waals surface area contributed by atoms with Gasteiger partial charge < -0.3 is 15.2 Å². The number of hydrogen-bond donors (Lipinski definition) is 3. The molecule has 3 N–H and O–H groups in total. The average Bonchev–Trinajstić information content (AvgIpc) is 2.41. The van der Waals surface area contributed by atoms with Gasteiger partial charge in [-0.3, -0.25) is 10.1 Å². The van der Waals surface area contributed by atoms with E-state index >= 15 is 0 Å². The van der Waals surface area contributed by atoms with E-state index in [0.29, 0.717) is 6.61 Å². The Bertz CT molecular complexity index is 370. The number of rotatable bonds is 8. The first kappa shape index (κ1) is 15.6. The fourth-order valence-electron chi connectivity index (χ4n) is 1.81. The number of aliphatic hydroxyl groups is 1. The zero-order chi connectivity index (χ0) is 14.1. The highest BCUT2D eigenvalue weighted by Crippen LogP contribution is 2.10. The van der Waals surface area contributed by atoms with Crippen molar-refractivity contribution in [1.29, 1.82) is 0 Å². The minimum atomic E-state index is -0.232. The number of carbonyl (C=O) groups excluding carboxylic acids is 1. The molecule has 2 atom stereocenters. The summed E-state index contributed by atoms with van der Waals surface area (Å²) >= 11 is 0. The molecule has 1 rings (SSSR count). The van der Waals surface area contributed by atoms with E-state index in [1.165, 1.54) is 0 Å². The van der Waals surface area contributed by atoms with Crippen molar-refractivity contribution in [2.24, 2.45) is 0 Å². The van der Waals surface area contributed by atoms with Gasteiger partial charge in [-0.1, -0.05) is 30.3 Å². The van der Waals surface area contributed by atoms with Crippen molar-refractivity contribution in [1.82, 2.24) is 10.6 Å². The normalized spacial score (nSPS) is 13.8. The molecule has 0 aliphatic heterocycles. The molecular weight excluding hydrogens is 244 g/mol. The molecule has 0 saturated heterocycles. The van der Waals surface area contributed by atoms with E-state index in [9.17, 15) is 9.90 Å². The van der Waals surface area contributed by atoms with Crippen LogP contribution in [0.1, 0.15) is 18.5 Å². The van der Waals surface area contributed by atoms with Crippen molar-refractivity contribution < 1.29 is 14.6 Å². The molecule has 0 saturated carbocycles. The topological polar surface area (TPSA) is 70.6 Å². The summed E-state index contributed by atoms with van der Waals surface area (Å²) in [5, 5.41) is 15.2. The predicted molar refractivity (Wildman–Crippen MR) is 73.8 cm³/mol. The van der Waals surface area contributed by atoms with E-state index in [0.717, 1.165) is 5.56 Å². The van der Waals surface area contributed by atoms with Gasteiger partial charge in [0.2, 0.25) is 5.91 Å². The fraction of sp³-hybridized carbons (Fsp3) is 0.500. The Morgan fingerprint density at radius 1 is 1.37 bits per heavy atom. The molecule has 0 fully saturated rings. The second kappa shape index (κ2) is 8.63. The maximum Gasteiger partial charge on any atom is 0.234 e. The molecule has 1 aromatic rings. The van der Waals surface area contributed by atoms with Crippen molar-refractivity contribution in [3.63, 3.8) is 0 Å². The molecule has 106 valence electrons. The summed E-state index contributed by atoms with van der Waals surface area (Å²) in [6.07, 6.45) is 0. The fourth-order valence-corrected chi connectivity index (χ4v) is 1.81. The van der Waals surface area contributed by atoms with E-state index < -0.39 is 0 Å². The van der Waals surface area contributed by atoms with E-state index in [-0.39, 0.29) is 31.1 Å². The molecular formula is C14H22N2O3. The van der Waals surface area contributed by atoms with E-state index in [1.54, 1.807) is 7.11 Å². The lowest BCUT2D eigenvalue weighted by Gasteiger charge is -2.18. The van der Waals surface area contributed by atoms with Crippen LogP contribution in [0.2, 0.25) is 0 Å². The number of hydrogen-bond acceptors (Lipinski definition) is 4. The Balaban J connectivity index is 2.39. The Morgan fingerprint density at radius 3 is 2.63 bits per heavy atom. The Morgan fingerprint density at radius 2 is 2.05 bits per heavy atom. The van der Waals surface area contributed by atoms with E-state index in [1.807, 2.05) is 37.3 Å². The van der Waals surface area contributed by atoms with Crippen LogP contribution in [0.3, 0.4) is 0 Å². The van der Waals surface area contributed by atoms with Crippen LogP contribution in [0.4, 0.5) is 0 Å². The first-order valence-electron chi connectivity index (χ1n) is 6.34. The summed E-state index contributed by atoms with van der Waals surface area (Å²) in [5.74, 6) is -0.112. The summed E-state index contributed by atoms with van der Waals surface area (Å²) < 4.78 is 4.95. The number of aliphatic hydroxyl groups excluding tert-OH is 1. The van der Waals surface area contributed by atoms with Crippen molar-refractivity contribution in [3.8, 4) is 0 Å². The highest BCUT2D eigenvalue weighted by atomic mass is 16.5. The van der Waals surface area contributed by atoms with Gasteiger partial charge in [0.25, 0.3) is 0 Å². The van der Waals surface area contributed by atoms with Crippen LogP contribution in [0.25, 0.3) is 0 Å². The van der Waals surface area contributed by atoms with E-state index in [2.05, 4.69) is 10.6 Å². The lowest BCUT2D eigenvalue weighted by molar-refractivity contribution is -0.121. The quantitative estimate of drug-likeness (QED) is 0.639. The van der Waals surface area contributed by atoms with Gasteiger partial charge in [-0.2, -0.15) is 0 Å². The highest BCUT2D eigenvalue weighted by molar-refractivity contribution is 5.78. The standard InChI is InChI=1S/C14H22N2O3/c1-11(10-19-2)16-14(18)8-15-13(9-17)12-6-4-3-5-7-12/h3-7,11,13,15,17H,8-10H2,1-2H3,(H,16,18). The number of carbonyl (C=O) groups is 1. The first-order chi connectivity index (χ1) is 9.17. The van der Waals surface area contributed by atoms with Crippen LogP contribution in [0, 0.1) is 0 Å². The summed E-state index contributed by atoms with van der Waals surface area (Å²) in [4.78, 5) is 11.7. The molecule has 5 heteroatoms. The number of ether oxygens (including phenoxy) is 1. The number of nitrogens with one attached hydrogen (secondary N) is 2. The minimum Gasteiger partial charge on any atom is -0.394 e. The van der Waals surface area contributed by atoms with Gasteiger partial charge in [0.1, 0.15) is 0 Å². The molecule has 0 bridgehead atoms. The average molecular weight is 266 g/mol. The number of benzene rings is 1. The maximum absolute atomic E-state index is 11.7. The van der Waals surface area contributed by atoms with Crippen molar-refractivity contribution in [3.05, 3.63) is 35.9 Å². The van der Waals surface area contributed by atoms with E-state index in [4.69, 9.17) is 4.74 Å². The number of amides is 1. The SMILES string of the molecule is COCC(C)NC(=O)CNC(CO)c1ccccc1. The minimum absolute atomic E-state index is 0.0244. The van der Waals surface area contributed by atoms with Crippen LogP contribution in [-0.2, 0) is 9.53 Å². The molecule has 0 aliphatic rings. The Kier molecular flexibility index (Phi) is 7.10. The molecule has 0 radical (unpaired) electrons. The van der Waals surface area contributed by atoms with Crippen LogP contribution in [0.15, 0.2) is 30.3 Å². The third kappa shape index (κ3) is 5.83. The molecule has 2 unspecified atom stereocenters. The zero-order valence-corrected chi connectivity index (χ0v) is 11.4. The highest BCUT2D eigenvalue weighted by Gasteiger charge is 2.12.